The van der Waals surface area contributed by atoms with Gasteiger partial charge in [0.15, 0.2) is 0 Å². The lowest BCUT2D eigenvalue weighted by molar-refractivity contribution is -0.139. The van der Waals surface area contributed by atoms with E-state index in [1.165, 1.54) is 5.56 Å². The molecule has 3 aliphatic rings. The number of benzene rings is 1. The van der Waals surface area contributed by atoms with E-state index in [4.69, 9.17) is 4.74 Å². The van der Waals surface area contributed by atoms with Crippen molar-refractivity contribution in [3.63, 3.8) is 0 Å². The summed E-state index contributed by atoms with van der Waals surface area (Å²) in [4.78, 5) is 20.1. The Kier molecular flexibility index (Phi) is 5.88. The molecule has 142 valence electrons. The van der Waals surface area contributed by atoms with Gasteiger partial charge in [-0.2, -0.15) is 0 Å². The third-order valence-electron chi connectivity index (χ3n) is 6.15. The van der Waals surface area contributed by atoms with Crippen LogP contribution < -0.4 is 0 Å². The van der Waals surface area contributed by atoms with Crippen LogP contribution in [-0.2, 0) is 16.1 Å². The summed E-state index contributed by atoms with van der Waals surface area (Å²) in [7, 11) is 0. The summed E-state index contributed by atoms with van der Waals surface area (Å²) in [5, 5.41) is 0. The second-order valence-corrected chi connectivity index (χ2v) is 7.94. The van der Waals surface area contributed by atoms with E-state index >= 15 is 0 Å². The van der Waals surface area contributed by atoms with Gasteiger partial charge in [0.05, 0.1) is 12.5 Å². The topological polar surface area (TPSA) is 36.0 Å². The van der Waals surface area contributed by atoms with Gasteiger partial charge in [0.25, 0.3) is 0 Å². The molecule has 3 aliphatic heterocycles. The molecule has 4 rings (SSSR count). The maximum absolute atomic E-state index is 13.0. The van der Waals surface area contributed by atoms with Crippen LogP contribution in [0.4, 0.5) is 0 Å². The smallest absolute Gasteiger partial charge is 0.227 e. The predicted octanol–water partition coefficient (Wildman–Crippen LogP) is 1.83. The highest BCUT2D eigenvalue weighted by molar-refractivity contribution is 5.79. The number of hydrogen-bond donors (Lipinski definition) is 0. The molecule has 26 heavy (non-hydrogen) atoms. The number of hydrogen-bond acceptors (Lipinski definition) is 4. The third-order valence-corrected chi connectivity index (χ3v) is 6.15. The van der Waals surface area contributed by atoms with Crippen LogP contribution in [0, 0.1) is 5.92 Å². The summed E-state index contributed by atoms with van der Waals surface area (Å²) in [6.07, 6.45) is 3.31. The Balaban J connectivity index is 1.27. The van der Waals surface area contributed by atoms with Crippen molar-refractivity contribution in [3.8, 4) is 0 Å². The van der Waals surface area contributed by atoms with Crippen LogP contribution in [0.5, 0.6) is 0 Å². The molecule has 0 bridgehead atoms. The molecule has 0 saturated carbocycles. The number of ether oxygens (including phenoxy) is 1. The minimum absolute atomic E-state index is 0.175. The first-order chi connectivity index (χ1) is 12.8. The van der Waals surface area contributed by atoms with Gasteiger partial charge >= 0.3 is 0 Å². The molecular weight excluding hydrogens is 326 g/mol. The molecule has 0 spiro atoms. The number of piperidine rings is 1. The number of piperazine rings is 1. The molecule has 2 unspecified atom stereocenters. The molecule has 1 aromatic rings. The molecule has 5 heteroatoms. The van der Waals surface area contributed by atoms with Crippen molar-refractivity contribution < 1.29 is 9.53 Å². The first-order valence-corrected chi connectivity index (χ1v) is 10.2. The Morgan fingerprint density at radius 3 is 2.58 bits per heavy atom. The fourth-order valence-electron chi connectivity index (χ4n) is 4.62. The molecule has 3 fully saturated rings. The van der Waals surface area contributed by atoms with Crippen LogP contribution >= 0.6 is 0 Å². The van der Waals surface area contributed by atoms with Gasteiger partial charge in [0.1, 0.15) is 0 Å². The van der Waals surface area contributed by atoms with Crippen molar-refractivity contribution in [1.29, 1.82) is 0 Å². The Morgan fingerprint density at radius 1 is 1.04 bits per heavy atom. The second-order valence-electron chi connectivity index (χ2n) is 7.94. The van der Waals surface area contributed by atoms with E-state index in [0.29, 0.717) is 11.9 Å². The molecule has 1 aromatic carbocycles. The van der Waals surface area contributed by atoms with E-state index in [1.54, 1.807) is 0 Å². The molecule has 5 nitrogen and oxygen atoms in total. The van der Waals surface area contributed by atoms with Gasteiger partial charge in [-0.15, -0.1) is 0 Å². The van der Waals surface area contributed by atoms with Crippen LogP contribution in [-0.4, -0.2) is 79.1 Å². The van der Waals surface area contributed by atoms with Crippen molar-refractivity contribution in [2.75, 3.05) is 52.5 Å². The molecule has 0 aliphatic carbocycles. The van der Waals surface area contributed by atoms with Crippen LogP contribution in [0.3, 0.4) is 0 Å². The zero-order valence-electron chi connectivity index (χ0n) is 15.7. The van der Waals surface area contributed by atoms with Gasteiger partial charge in [-0.25, -0.2) is 0 Å². The number of carbonyl (C=O) groups is 1. The normalized spacial score (nSPS) is 28.4. The molecule has 3 heterocycles. The van der Waals surface area contributed by atoms with Gasteiger partial charge in [-0.05, 0) is 31.4 Å². The largest absolute Gasteiger partial charge is 0.380 e. The lowest BCUT2D eigenvalue weighted by atomic mass is 9.95. The summed E-state index contributed by atoms with van der Waals surface area (Å²) >= 11 is 0. The van der Waals surface area contributed by atoms with Gasteiger partial charge in [-0.1, -0.05) is 30.3 Å². The zero-order chi connectivity index (χ0) is 17.8. The lowest BCUT2D eigenvalue weighted by Crippen LogP contribution is -2.54. The van der Waals surface area contributed by atoms with Crippen LogP contribution in [0.1, 0.15) is 24.8 Å². The van der Waals surface area contributed by atoms with E-state index in [9.17, 15) is 4.79 Å². The Hall–Kier alpha value is -1.43. The molecular formula is C21H31N3O2. The fraction of sp³-hybridized carbons (Fsp3) is 0.667. The molecule has 1 amide bonds. The number of nitrogens with zero attached hydrogens (tertiary/aromatic N) is 3. The van der Waals surface area contributed by atoms with Crippen molar-refractivity contribution in [2.45, 2.75) is 31.8 Å². The maximum atomic E-state index is 13.0. The van der Waals surface area contributed by atoms with Gasteiger partial charge in [0.2, 0.25) is 5.91 Å². The zero-order valence-corrected chi connectivity index (χ0v) is 15.7. The van der Waals surface area contributed by atoms with E-state index in [0.717, 1.165) is 78.3 Å². The molecule has 0 radical (unpaired) electrons. The monoisotopic (exact) mass is 357 g/mol. The molecule has 0 N–H and O–H groups in total. The highest BCUT2D eigenvalue weighted by atomic mass is 16.5. The number of rotatable bonds is 4. The van der Waals surface area contributed by atoms with Crippen molar-refractivity contribution in [3.05, 3.63) is 35.9 Å². The summed E-state index contributed by atoms with van der Waals surface area (Å²) in [6, 6.07) is 11.2. The standard InChI is InChI=1S/C21H31N3O2/c25-21(24-12-10-23(11-13-24)20-8-14-26-17-20)19-7-4-9-22(16-19)15-18-5-2-1-3-6-18/h1-3,5-6,19-20H,4,7-17H2. The van der Waals surface area contributed by atoms with Crippen LogP contribution in [0.15, 0.2) is 30.3 Å². The van der Waals surface area contributed by atoms with Crippen LogP contribution in [0.25, 0.3) is 0 Å². The van der Waals surface area contributed by atoms with Gasteiger partial charge < -0.3 is 9.64 Å². The minimum Gasteiger partial charge on any atom is -0.380 e. The van der Waals surface area contributed by atoms with E-state index in [-0.39, 0.29) is 5.92 Å². The summed E-state index contributed by atoms with van der Waals surface area (Å²) < 4.78 is 5.51. The first-order valence-electron chi connectivity index (χ1n) is 10.2. The minimum atomic E-state index is 0.175. The predicted molar refractivity (Wildman–Crippen MR) is 102 cm³/mol. The molecule has 2 atom stereocenters. The van der Waals surface area contributed by atoms with Gasteiger partial charge in [-0.3, -0.25) is 14.6 Å². The SMILES string of the molecule is O=C(C1CCCN(Cc2ccccc2)C1)N1CCN(C2CCOC2)CC1. The Bertz CT molecular complexity index is 580. The Labute approximate surface area is 156 Å². The van der Waals surface area contributed by atoms with E-state index in [1.807, 2.05) is 0 Å². The average molecular weight is 357 g/mol. The number of amides is 1. The van der Waals surface area contributed by atoms with Crippen molar-refractivity contribution >= 4 is 5.91 Å². The van der Waals surface area contributed by atoms with Crippen molar-refractivity contribution in [1.82, 2.24) is 14.7 Å². The quantitative estimate of drug-likeness (QED) is 0.824. The lowest BCUT2D eigenvalue weighted by Gasteiger charge is -2.40. The highest BCUT2D eigenvalue weighted by Crippen LogP contribution is 2.22. The van der Waals surface area contributed by atoms with Crippen LogP contribution in [0.2, 0.25) is 0 Å². The Morgan fingerprint density at radius 2 is 1.85 bits per heavy atom. The summed E-state index contributed by atoms with van der Waals surface area (Å²) in [5.74, 6) is 0.555. The average Bonchev–Trinajstić information content (AvgIpc) is 3.23. The summed E-state index contributed by atoms with van der Waals surface area (Å²) in [6.45, 7) is 8.49. The second kappa shape index (κ2) is 8.51. The molecule has 3 saturated heterocycles. The van der Waals surface area contributed by atoms with E-state index < -0.39 is 0 Å². The van der Waals surface area contributed by atoms with E-state index in [2.05, 4.69) is 45.0 Å². The molecule has 0 aromatic heterocycles. The van der Waals surface area contributed by atoms with Gasteiger partial charge in [0, 0.05) is 51.9 Å². The highest BCUT2D eigenvalue weighted by Gasteiger charge is 2.33. The maximum Gasteiger partial charge on any atom is 0.227 e. The first kappa shape index (κ1) is 18.0. The third kappa shape index (κ3) is 4.27. The number of carbonyl (C=O) groups excluding carboxylic acids is 1. The summed E-state index contributed by atoms with van der Waals surface area (Å²) in [5.41, 5.74) is 1.34. The fourth-order valence-corrected chi connectivity index (χ4v) is 4.62. The van der Waals surface area contributed by atoms with Crippen molar-refractivity contribution in [2.24, 2.45) is 5.92 Å². The number of likely N-dealkylation sites (tertiary alicyclic amines) is 1.